The van der Waals surface area contributed by atoms with Crippen molar-refractivity contribution >= 4 is 23.6 Å². The van der Waals surface area contributed by atoms with E-state index in [4.69, 9.17) is 14.7 Å². The van der Waals surface area contributed by atoms with E-state index in [0.29, 0.717) is 6.07 Å². The van der Waals surface area contributed by atoms with Crippen molar-refractivity contribution in [2.24, 2.45) is 11.8 Å². The van der Waals surface area contributed by atoms with Gasteiger partial charge in [0.2, 0.25) is 11.8 Å². The van der Waals surface area contributed by atoms with Crippen molar-refractivity contribution in [3.05, 3.63) is 29.3 Å². The predicted octanol–water partition coefficient (Wildman–Crippen LogP) is 2.75. The molecule has 0 saturated carbocycles. The van der Waals surface area contributed by atoms with Crippen molar-refractivity contribution in [3.63, 3.8) is 0 Å². The van der Waals surface area contributed by atoms with Crippen LogP contribution in [-0.4, -0.2) is 41.8 Å². The zero-order valence-electron chi connectivity index (χ0n) is 17.4. The smallest absolute Gasteiger partial charge is 0.417 e. The first-order valence-corrected chi connectivity index (χ1v) is 10.00. The van der Waals surface area contributed by atoms with Gasteiger partial charge in [-0.05, 0) is 39.0 Å². The van der Waals surface area contributed by atoms with Gasteiger partial charge in [-0.2, -0.15) is 18.4 Å². The molecule has 1 aromatic carbocycles. The van der Waals surface area contributed by atoms with Gasteiger partial charge in [0, 0.05) is 6.42 Å². The Labute approximate surface area is 181 Å². The van der Waals surface area contributed by atoms with E-state index in [1.54, 1.807) is 20.8 Å². The Hall–Kier alpha value is -3.13. The molecule has 4 rings (SSSR count). The Morgan fingerprint density at radius 3 is 2.56 bits per heavy atom. The molecule has 0 spiro atoms. The highest BCUT2D eigenvalue weighted by molar-refractivity contribution is 6.23. The Morgan fingerprint density at radius 1 is 1.31 bits per heavy atom. The van der Waals surface area contributed by atoms with Crippen molar-refractivity contribution in [1.82, 2.24) is 5.32 Å². The number of carbonyl (C=O) groups is 3. The number of nitrogens with zero attached hydrogens (tertiary/aromatic N) is 2. The minimum atomic E-state index is -4.84. The summed E-state index contributed by atoms with van der Waals surface area (Å²) >= 11 is 0. The summed E-state index contributed by atoms with van der Waals surface area (Å²) < 4.78 is 51.2. The Balaban J connectivity index is 1.72. The van der Waals surface area contributed by atoms with E-state index in [-0.39, 0.29) is 18.7 Å². The fourth-order valence-electron chi connectivity index (χ4n) is 5.32. The predicted molar refractivity (Wildman–Crippen MR) is 102 cm³/mol. The van der Waals surface area contributed by atoms with E-state index in [0.717, 1.165) is 17.0 Å². The van der Waals surface area contributed by atoms with E-state index >= 15 is 0 Å². The molecule has 1 N–H and O–H groups in total. The highest BCUT2D eigenvalue weighted by Gasteiger charge is 2.76. The summed E-state index contributed by atoms with van der Waals surface area (Å²) in [6.45, 7) is 5.04. The molecule has 0 aromatic heterocycles. The number of nitrogens with one attached hydrogen (secondary N) is 1. The number of halogens is 3. The summed E-state index contributed by atoms with van der Waals surface area (Å²) in [5, 5.41) is 11.7. The lowest BCUT2D eigenvalue weighted by Crippen LogP contribution is -2.56. The molecule has 2 bridgehead atoms. The topological polar surface area (TPSA) is 109 Å². The van der Waals surface area contributed by atoms with Crippen LogP contribution in [0.25, 0.3) is 0 Å². The first-order valence-electron chi connectivity index (χ1n) is 10.00. The third kappa shape index (κ3) is 2.97. The number of ether oxygens (including phenoxy) is 2. The quantitative estimate of drug-likeness (QED) is 0.708. The standard InChI is InChI=1S/C21H20F3N3O5/c1-4-31-18(30)26-13-8-19(2)14-15(20(13,3)32-19)17(29)27(16(14)28)11-6-5-10(9-25)12(7-11)21(22,23)24/h5-7,13-15H,4,8H2,1-3H3,(H,26,30)/t13-,14-,15+,19+,20-/m1/s1. The van der Waals surface area contributed by atoms with Crippen LogP contribution in [-0.2, 0) is 25.2 Å². The Bertz CT molecular complexity index is 1070. The second-order valence-corrected chi connectivity index (χ2v) is 8.53. The average molecular weight is 451 g/mol. The zero-order chi connectivity index (χ0) is 23.6. The molecule has 8 nitrogen and oxygen atoms in total. The summed E-state index contributed by atoms with van der Waals surface area (Å²) in [6.07, 6.45) is -5.29. The molecule has 32 heavy (non-hydrogen) atoms. The molecule has 1 aromatic rings. The molecule has 3 aliphatic rings. The molecule has 3 aliphatic heterocycles. The Kier molecular flexibility index (Phi) is 4.78. The number of anilines is 1. The average Bonchev–Trinajstić information content (AvgIpc) is 3.21. The molecule has 3 heterocycles. The van der Waals surface area contributed by atoms with Crippen LogP contribution in [0, 0.1) is 23.2 Å². The van der Waals surface area contributed by atoms with E-state index in [9.17, 15) is 27.6 Å². The first-order chi connectivity index (χ1) is 14.9. The number of imide groups is 1. The molecular formula is C21H20F3N3O5. The summed E-state index contributed by atoms with van der Waals surface area (Å²) in [4.78, 5) is 39.3. The van der Waals surface area contributed by atoms with Gasteiger partial charge in [0.15, 0.2) is 0 Å². The molecule has 5 atom stereocenters. The van der Waals surface area contributed by atoms with Gasteiger partial charge in [0.05, 0.1) is 58.6 Å². The number of rotatable bonds is 3. The van der Waals surface area contributed by atoms with Gasteiger partial charge in [-0.15, -0.1) is 0 Å². The summed E-state index contributed by atoms with van der Waals surface area (Å²) in [6, 6.07) is 3.56. The lowest BCUT2D eigenvalue weighted by atomic mass is 9.66. The second-order valence-electron chi connectivity index (χ2n) is 8.53. The molecule has 0 radical (unpaired) electrons. The number of amides is 3. The third-order valence-electron chi connectivity index (χ3n) is 6.59. The fourth-order valence-corrected chi connectivity index (χ4v) is 5.32. The van der Waals surface area contributed by atoms with Gasteiger partial charge in [0.25, 0.3) is 0 Å². The number of hydrogen-bond acceptors (Lipinski definition) is 6. The molecule has 11 heteroatoms. The molecule has 170 valence electrons. The van der Waals surface area contributed by atoms with Crippen molar-refractivity contribution in [2.45, 2.75) is 50.6 Å². The maximum absolute atomic E-state index is 13.4. The molecule has 3 amide bonds. The van der Waals surface area contributed by atoms with Crippen molar-refractivity contribution in [2.75, 3.05) is 11.5 Å². The first kappa shape index (κ1) is 22.1. The molecule has 3 fully saturated rings. The lowest BCUT2D eigenvalue weighted by Gasteiger charge is -2.35. The highest BCUT2D eigenvalue weighted by Crippen LogP contribution is 2.61. The third-order valence-corrected chi connectivity index (χ3v) is 6.59. The lowest BCUT2D eigenvalue weighted by molar-refractivity contribution is -0.138. The normalized spacial score (nSPS) is 33.3. The molecule has 0 aliphatic carbocycles. The number of nitriles is 1. The second kappa shape index (κ2) is 6.93. The molecule has 0 unspecified atom stereocenters. The van der Waals surface area contributed by atoms with Gasteiger partial charge in [-0.1, -0.05) is 0 Å². The van der Waals surface area contributed by atoms with Gasteiger partial charge in [-0.3, -0.25) is 9.59 Å². The van der Waals surface area contributed by atoms with Crippen LogP contribution in [0.3, 0.4) is 0 Å². The van der Waals surface area contributed by atoms with Crippen LogP contribution in [0.1, 0.15) is 38.3 Å². The van der Waals surface area contributed by atoms with Crippen LogP contribution >= 0.6 is 0 Å². The van der Waals surface area contributed by atoms with Crippen LogP contribution in [0.4, 0.5) is 23.7 Å². The fraction of sp³-hybridized carbons (Fsp3) is 0.524. The van der Waals surface area contributed by atoms with E-state index in [1.807, 2.05) is 0 Å². The van der Waals surface area contributed by atoms with E-state index in [2.05, 4.69) is 5.32 Å². The van der Waals surface area contributed by atoms with E-state index in [1.165, 1.54) is 6.07 Å². The van der Waals surface area contributed by atoms with Crippen molar-refractivity contribution < 1.29 is 37.0 Å². The maximum Gasteiger partial charge on any atom is 0.417 e. The van der Waals surface area contributed by atoms with Gasteiger partial charge >= 0.3 is 12.3 Å². The number of alkyl carbamates (subject to hydrolysis) is 1. The summed E-state index contributed by atoms with van der Waals surface area (Å²) in [7, 11) is 0. The highest BCUT2D eigenvalue weighted by atomic mass is 19.4. The number of benzene rings is 1. The van der Waals surface area contributed by atoms with Crippen molar-refractivity contribution in [3.8, 4) is 6.07 Å². The number of fused-ring (bicyclic) bond motifs is 5. The van der Waals surface area contributed by atoms with Gasteiger partial charge < -0.3 is 14.8 Å². The largest absolute Gasteiger partial charge is 0.450 e. The van der Waals surface area contributed by atoms with Crippen LogP contribution in [0.15, 0.2) is 18.2 Å². The minimum Gasteiger partial charge on any atom is -0.450 e. The number of hydrogen-bond donors (Lipinski definition) is 1. The number of alkyl halides is 3. The van der Waals surface area contributed by atoms with Crippen LogP contribution in [0.2, 0.25) is 0 Å². The number of carbonyl (C=O) groups excluding carboxylic acids is 3. The summed E-state index contributed by atoms with van der Waals surface area (Å²) in [5.41, 5.74) is -4.44. The monoisotopic (exact) mass is 451 g/mol. The summed E-state index contributed by atoms with van der Waals surface area (Å²) in [5.74, 6) is -3.28. The Morgan fingerprint density at radius 2 is 1.97 bits per heavy atom. The van der Waals surface area contributed by atoms with Gasteiger partial charge in [-0.25, -0.2) is 9.69 Å². The SMILES string of the molecule is CCOC(=O)N[C@@H]1C[C@]2(C)O[C@@]1(C)[C@@H]1C(=O)N(c3ccc(C#N)c(C(F)(F)F)c3)C(=O)[C@@H]12. The van der Waals surface area contributed by atoms with Crippen molar-refractivity contribution in [1.29, 1.82) is 5.26 Å². The zero-order valence-corrected chi connectivity index (χ0v) is 17.4. The minimum absolute atomic E-state index is 0.144. The van der Waals surface area contributed by atoms with Crippen LogP contribution < -0.4 is 10.2 Å². The molecular weight excluding hydrogens is 431 g/mol. The van der Waals surface area contributed by atoms with Crippen LogP contribution in [0.5, 0.6) is 0 Å². The van der Waals surface area contributed by atoms with E-state index < -0.39 is 64.3 Å². The maximum atomic E-state index is 13.4. The van der Waals surface area contributed by atoms with Gasteiger partial charge in [0.1, 0.15) is 0 Å². The molecule has 3 saturated heterocycles.